The van der Waals surface area contributed by atoms with Gasteiger partial charge < -0.3 is 14.4 Å². The van der Waals surface area contributed by atoms with E-state index < -0.39 is 0 Å². The van der Waals surface area contributed by atoms with Crippen molar-refractivity contribution < 1.29 is 9.84 Å². The molecule has 1 aliphatic rings. The van der Waals surface area contributed by atoms with Crippen LogP contribution in [0, 0.1) is 0 Å². The summed E-state index contributed by atoms with van der Waals surface area (Å²) in [5, 5.41) is 8.62. The van der Waals surface area contributed by atoms with Gasteiger partial charge in [0.25, 0.3) is 0 Å². The van der Waals surface area contributed by atoms with Gasteiger partial charge in [-0.2, -0.15) is 0 Å². The van der Waals surface area contributed by atoms with E-state index in [2.05, 4.69) is 11.6 Å². The van der Waals surface area contributed by atoms with Crippen molar-refractivity contribution in [2.24, 2.45) is 0 Å². The monoisotopic (exact) mass is 189 g/mol. The van der Waals surface area contributed by atoms with E-state index in [0.29, 0.717) is 6.10 Å². The van der Waals surface area contributed by atoms with Gasteiger partial charge in [0.15, 0.2) is 0 Å². The van der Waals surface area contributed by atoms with E-state index in [4.69, 9.17) is 9.84 Å². The summed E-state index contributed by atoms with van der Waals surface area (Å²) >= 11 is 0. The number of hydrogen-bond donors (Lipinski definition) is 1. The molecule has 0 spiro atoms. The van der Waals surface area contributed by atoms with E-state index in [9.17, 15) is 0 Å². The number of nitrogens with zero attached hydrogens (tertiary/aromatic N) is 1. The van der Waals surface area contributed by atoms with Gasteiger partial charge in [-0.15, -0.1) is 0 Å². The highest BCUT2D eigenvalue weighted by Gasteiger charge is 2.13. The molecular formula is C8H19NO2Si. The summed E-state index contributed by atoms with van der Waals surface area (Å²) in [7, 11) is 2.26. The van der Waals surface area contributed by atoms with Crippen LogP contribution in [0.4, 0.5) is 0 Å². The van der Waals surface area contributed by atoms with Crippen LogP contribution in [0.2, 0.25) is 6.04 Å². The Bertz CT molecular complexity index is 124. The second-order valence-electron chi connectivity index (χ2n) is 3.51. The second kappa shape index (κ2) is 5.69. The van der Waals surface area contributed by atoms with Crippen molar-refractivity contribution in [3.8, 4) is 0 Å². The maximum absolute atomic E-state index is 8.62. The molecule has 1 saturated heterocycles. The van der Waals surface area contributed by atoms with Gasteiger partial charge in [-0.1, -0.05) is 6.42 Å². The van der Waals surface area contributed by atoms with E-state index in [1.54, 1.807) is 0 Å². The number of rotatable bonds is 2. The van der Waals surface area contributed by atoms with Crippen molar-refractivity contribution in [1.29, 1.82) is 0 Å². The van der Waals surface area contributed by atoms with Crippen molar-refractivity contribution >= 4 is 9.68 Å². The average molecular weight is 189 g/mol. The van der Waals surface area contributed by atoms with Crippen LogP contribution in [-0.2, 0) is 4.74 Å². The summed E-state index contributed by atoms with van der Waals surface area (Å²) in [6.07, 6.45) is 3.80. The Balaban J connectivity index is 2.24. The third-order valence-electron chi connectivity index (χ3n) is 2.46. The normalized spacial score (nSPS) is 30.0. The van der Waals surface area contributed by atoms with E-state index >= 15 is 0 Å². The van der Waals surface area contributed by atoms with E-state index in [1.165, 1.54) is 12.5 Å². The molecule has 0 aromatic heterocycles. The quantitative estimate of drug-likeness (QED) is 0.488. The Morgan fingerprint density at radius 2 is 2.42 bits per heavy atom. The van der Waals surface area contributed by atoms with Gasteiger partial charge in [0, 0.05) is 0 Å². The van der Waals surface area contributed by atoms with Crippen LogP contribution in [0.1, 0.15) is 19.3 Å². The van der Waals surface area contributed by atoms with Crippen LogP contribution in [0.25, 0.3) is 0 Å². The van der Waals surface area contributed by atoms with Crippen molar-refractivity contribution in [3.63, 3.8) is 0 Å². The first-order valence-electron chi connectivity index (χ1n) is 4.74. The van der Waals surface area contributed by atoms with Gasteiger partial charge in [-0.05, 0) is 32.5 Å². The molecule has 1 atom stereocenters. The summed E-state index contributed by atoms with van der Waals surface area (Å²) in [5.74, 6) is 0. The fraction of sp³-hybridized carbons (Fsp3) is 1.00. The lowest BCUT2D eigenvalue weighted by atomic mass is 10.1. The predicted octanol–water partition coefficient (Wildman–Crippen LogP) is -0.0608. The smallest absolute Gasteiger partial charge is 0.143 e. The molecule has 1 fully saturated rings. The minimum Gasteiger partial charge on any atom is -0.371 e. The van der Waals surface area contributed by atoms with Crippen LogP contribution in [0.15, 0.2) is 0 Å². The molecule has 0 radical (unpaired) electrons. The Labute approximate surface area is 76.6 Å². The zero-order valence-electron chi connectivity index (χ0n) is 7.83. The van der Waals surface area contributed by atoms with Crippen LogP contribution in [0.3, 0.4) is 0 Å². The summed E-state index contributed by atoms with van der Waals surface area (Å²) in [5.41, 5.74) is 0. The van der Waals surface area contributed by atoms with Crippen LogP contribution in [-0.4, -0.2) is 45.8 Å². The molecular weight excluding hydrogens is 170 g/mol. The molecule has 3 nitrogen and oxygen atoms in total. The zero-order valence-corrected chi connectivity index (χ0v) is 9.24. The summed E-state index contributed by atoms with van der Waals surface area (Å²) in [6.45, 7) is 1.03. The van der Waals surface area contributed by atoms with E-state index in [-0.39, 0.29) is 16.5 Å². The number of ether oxygens (including phenoxy) is 1. The molecule has 4 heteroatoms. The van der Waals surface area contributed by atoms with Crippen LogP contribution in [0.5, 0.6) is 0 Å². The largest absolute Gasteiger partial charge is 0.371 e. The highest BCUT2D eigenvalue weighted by molar-refractivity contribution is 6.31. The topological polar surface area (TPSA) is 32.7 Å². The van der Waals surface area contributed by atoms with Crippen molar-refractivity contribution in [3.05, 3.63) is 0 Å². The fourth-order valence-corrected chi connectivity index (χ4v) is 3.10. The highest BCUT2D eigenvalue weighted by atomic mass is 28.2. The third kappa shape index (κ3) is 3.67. The maximum atomic E-state index is 8.62. The first-order valence-corrected chi connectivity index (χ1v) is 6.37. The maximum Gasteiger partial charge on any atom is 0.143 e. The van der Waals surface area contributed by atoms with Gasteiger partial charge in [-0.3, -0.25) is 0 Å². The van der Waals surface area contributed by atoms with Gasteiger partial charge in [-0.25, -0.2) is 0 Å². The second-order valence-corrected chi connectivity index (χ2v) is 5.74. The summed E-state index contributed by atoms with van der Waals surface area (Å²) in [4.78, 5) is 0. The first kappa shape index (κ1) is 10.2. The number of aliphatic hydroxyl groups excluding tert-OH is 1. The third-order valence-corrected chi connectivity index (χ3v) is 4.35. The molecule has 1 N–H and O–H groups in total. The van der Waals surface area contributed by atoms with Gasteiger partial charge >= 0.3 is 0 Å². The molecule has 0 amide bonds. The van der Waals surface area contributed by atoms with Crippen molar-refractivity contribution in [2.45, 2.75) is 31.4 Å². The van der Waals surface area contributed by atoms with Gasteiger partial charge in [0.05, 0.1) is 15.8 Å². The molecule has 0 aliphatic carbocycles. The van der Waals surface area contributed by atoms with Gasteiger partial charge in [0.1, 0.15) is 6.79 Å². The molecule has 0 aromatic carbocycles. The lowest BCUT2D eigenvalue weighted by molar-refractivity contribution is -0.0573. The predicted molar refractivity (Wildman–Crippen MR) is 51.8 cm³/mol. The Morgan fingerprint density at radius 3 is 3.17 bits per heavy atom. The lowest BCUT2D eigenvalue weighted by Gasteiger charge is -2.24. The summed E-state index contributed by atoms with van der Waals surface area (Å²) < 4.78 is 7.68. The van der Waals surface area contributed by atoms with Crippen LogP contribution < -0.4 is 0 Å². The van der Waals surface area contributed by atoms with E-state index in [1.807, 2.05) is 0 Å². The lowest BCUT2D eigenvalue weighted by Crippen LogP contribution is -2.30. The standard InChI is InChI=1S/C8H19NO2Si/c1-9-5-4-8(11-7-10)3-2-6-12-9/h8,10H,2-7,12H2,1H3. The number of hydrogen-bond acceptors (Lipinski definition) is 3. The summed E-state index contributed by atoms with van der Waals surface area (Å²) in [6, 6.07) is 1.39. The first-order chi connectivity index (χ1) is 5.83. The zero-order chi connectivity index (χ0) is 8.81. The molecule has 1 unspecified atom stereocenters. The molecule has 0 aromatic rings. The highest BCUT2D eigenvalue weighted by Crippen LogP contribution is 2.12. The molecule has 1 heterocycles. The molecule has 12 heavy (non-hydrogen) atoms. The van der Waals surface area contributed by atoms with Gasteiger partial charge in [0.2, 0.25) is 0 Å². The Morgan fingerprint density at radius 1 is 1.58 bits per heavy atom. The fourth-order valence-electron chi connectivity index (χ4n) is 1.65. The average Bonchev–Trinajstić information content (AvgIpc) is 2.04. The number of aliphatic hydroxyl groups is 1. The van der Waals surface area contributed by atoms with Crippen LogP contribution >= 0.6 is 0 Å². The van der Waals surface area contributed by atoms with Crippen molar-refractivity contribution in [2.75, 3.05) is 20.4 Å². The van der Waals surface area contributed by atoms with E-state index in [0.717, 1.165) is 19.4 Å². The van der Waals surface area contributed by atoms with Crippen molar-refractivity contribution in [1.82, 2.24) is 4.57 Å². The minimum atomic E-state index is -0.119. The SMILES string of the molecule is CN1CCC(OCO)CCC[SiH2]1. The molecule has 0 saturated carbocycles. The molecule has 0 bridgehead atoms. The molecule has 1 rings (SSSR count). The minimum absolute atomic E-state index is 0.0546. The molecule has 72 valence electrons. The Hall–Kier alpha value is 0.0969. The molecule has 1 aliphatic heterocycles. The Kier molecular flexibility index (Phi) is 4.83.